The first-order valence-corrected chi connectivity index (χ1v) is 7.59. The predicted molar refractivity (Wildman–Crippen MR) is 80.8 cm³/mol. The average molecular weight is 293 g/mol. The first-order valence-electron chi connectivity index (χ1n) is 7.59. The van der Waals surface area contributed by atoms with Gasteiger partial charge in [-0.15, -0.1) is 0 Å². The third-order valence-electron chi connectivity index (χ3n) is 3.68. The van der Waals surface area contributed by atoms with E-state index < -0.39 is 0 Å². The zero-order valence-electron chi connectivity index (χ0n) is 12.9. The Bertz CT molecular complexity index is 441. The van der Waals surface area contributed by atoms with Crippen molar-refractivity contribution < 1.29 is 19.6 Å². The van der Waals surface area contributed by atoms with Crippen molar-refractivity contribution in [1.82, 2.24) is 4.90 Å². The number of hydrogen-bond donors (Lipinski definition) is 1. The average Bonchev–Trinajstić information content (AvgIpc) is 2.48. The van der Waals surface area contributed by atoms with Gasteiger partial charge < -0.3 is 9.47 Å². The van der Waals surface area contributed by atoms with Crippen LogP contribution in [-0.4, -0.2) is 43.8 Å². The summed E-state index contributed by atoms with van der Waals surface area (Å²) < 4.78 is 10.5. The number of quaternary nitrogens is 1. The normalized spacial score (nSPS) is 17.2. The van der Waals surface area contributed by atoms with Crippen LogP contribution in [0, 0.1) is 0 Å². The molecule has 1 aromatic carbocycles. The number of ether oxygens (including phenoxy) is 2. The minimum absolute atomic E-state index is 0.0786. The van der Waals surface area contributed by atoms with Gasteiger partial charge in [0.15, 0.2) is 0 Å². The Morgan fingerprint density at radius 3 is 2.52 bits per heavy atom. The molecule has 0 radical (unpaired) electrons. The summed E-state index contributed by atoms with van der Waals surface area (Å²) in [5.41, 5.74) is 0.825. The molecule has 0 spiro atoms. The van der Waals surface area contributed by atoms with Gasteiger partial charge in [-0.05, 0) is 45.0 Å². The first-order chi connectivity index (χ1) is 10.2. The Morgan fingerprint density at radius 1 is 1.24 bits per heavy atom. The summed E-state index contributed by atoms with van der Waals surface area (Å²) >= 11 is 0. The number of benzene rings is 1. The number of rotatable bonds is 5. The first kappa shape index (κ1) is 15.8. The minimum atomic E-state index is -0.287. The van der Waals surface area contributed by atoms with Crippen molar-refractivity contribution in [2.75, 3.05) is 26.7 Å². The third kappa shape index (κ3) is 5.36. The standard InChI is InChI=1S/C16H24N2O3/c1-13(12-18-10-4-3-5-11-18)21-16(19)17-14-6-8-15(20-2)9-7-14/h6-9,13H,3-5,10-12H2,1-2H3,(H,17,19)/p+1/t13-/m0/s1. The molecule has 2 N–H and O–H groups in total. The van der Waals surface area contributed by atoms with E-state index in [-0.39, 0.29) is 12.2 Å². The minimum Gasteiger partial charge on any atom is -0.497 e. The van der Waals surface area contributed by atoms with Crippen molar-refractivity contribution in [1.29, 1.82) is 0 Å². The number of hydrogen-bond acceptors (Lipinski definition) is 4. The molecule has 0 saturated carbocycles. The highest BCUT2D eigenvalue weighted by atomic mass is 16.6. The molecule has 0 aromatic heterocycles. The number of likely N-dealkylation sites (tertiary alicyclic amines) is 1. The summed E-state index contributed by atoms with van der Waals surface area (Å²) in [4.78, 5) is 14.3. The number of nitrogens with zero attached hydrogens (tertiary/aromatic N) is 1. The van der Waals surface area contributed by atoms with E-state index in [4.69, 9.17) is 9.47 Å². The van der Waals surface area contributed by atoms with Gasteiger partial charge in [0.2, 0.25) is 0 Å². The van der Waals surface area contributed by atoms with Crippen LogP contribution in [0.15, 0.2) is 24.3 Å². The SMILES string of the molecule is COc1ccc([NH2+]C(=O)O[C@@H](C)CN2CCCCC2)cc1. The van der Waals surface area contributed by atoms with Gasteiger partial charge >= 0.3 is 6.09 Å². The van der Waals surface area contributed by atoms with Crippen LogP contribution < -0.4 is 10.1 Å². The predicted octanol–water partition coefficient (Wildman–Crippen LogP) is 1.90. The van der Waals surface area contributed by atoms with E-state index in [1.165, 1.54) is 24.6 Å². The lowest BCUT2D eigenvalue weighted by molar-refractivity contribution is -0.484. The highest BCUT2D eigenvalue weighted by Crippen LogP contribution is 2.12. The van der Waals surface area contributed by atoms with Crippen molar-refractivity contribution in [3.8, 4) is 5.75 Å². The van der Waals surface area contributed by atoms with Gasteiger partial charge in [-0.3, -0.25) is 4.90 Å². The smallest absolute Gasteiger partial charge is 0.497 e. The Hall–Kier alpha value is -1.59. The summed E-state index contributed by atoms with van der Waals surface area (Å²) in [6.45, 7) is 5.00. The highest BCUT2D eigenvalue weighted by molar-refractivity contribution is 5.59. The summed E-state index contributed by atoms with van der Waals surface area (Å²) in [5.74, 6) is 0.777. The van der Waals surface area contributed by atoms with E-state index in [1.54, 1.807) is 7.11 Å². The van der Waals surface area contributed by atoms with E-state index in [2.05, 4.69) is 4.90 Å². The van der Waals surface area contributed by atoms with Gasteiger partial charge in [0, 0.05) is 18.7 Å². The molecule has 1 aromatic rings. The van der Waals surface area contributed by atoms with E-state index in [0.717, 1.165) is 31.1 Å². The van der Waals surface area contributed by atoms with Crippen LogP contribution in [0.1, 0.15) is 26.2 Å². The summed E-state index contributed by atoms with van der Waals surface area (Å²) in [6, 6.07) is 7.34. The zero-order valence-corrected chi connectivity index (χ0v) is 12.9. The van der Waals surface area contributed by atoms with Crippen LogP contribution in [0.3, 0.4) is 0 Å². The van der Waals surface area contributed by atoms with Crippen molar-refractivity contribution in [2.45, 2.75) is 32.3 Å². The second-order valence-corrected chi connectivity index (χ2v) is 5.53. The molecule has 116 valence electrons. The fourth-order valence-corrected chi connectivity index (χ4v) is 2.61. The Morgan fingerprint density at radius 2 is 1.90 bits per heavy atom. The molecule has 2 rings (SSSR count). The van der Waals surface area contributed by atoms with Gasteiger partial charge in [0.05, 0.1) is 7.11 Å². The van der Waals surface area contributed by atoms with Gasteiger partial charge in [0.1, 0.15) is 17.5 Å². The molecule has 1 aliphatic rings. The maximum atomic E-state index is 11.9. The number of amides is 1. The molecule has 1 fully saturated rings. The summed E-state index contributed by atoms with van der Waals surface area (Å²) in [5, 5.41) is 1.52. The number of nitrogens with two attached hydrogens (primary N) is 1. The van der Waals surface area contributed by atoms with E-state index in [0.29, 0.717) is 0 Å². The molecule has 1 amide bonds. The summed E-state index contributed by atoms with van der Waals surface area (Å²) in [7, 11) is 1.62. The van der Waals surface area contributed by atoms with Crippen molar-refractivity contribution in [3.05, 3.63) is 24.3 Å². The maximum Gasteiger partial charge on any atom is 0.518 e. The largest absolute Gasteiger partial charge is 0.518 e. The number of carbonyl (C=O) groups excluding carboxylic acids is 1. The molecule has 5 nitrogen and oxygen atoms in total. The molecule has 0 bridgehead atoms. The van der Waals surface area contributed by atoms with Crippen LogP contribution in [0.5, 0.6) is 5.75 Å². The molecular weight excluding hydrogens is 268 g/mol. The molecule has 1 heterocycles. The Balaban J connectivity index is 1.74. The summed E-state index contributed by atoms with van der Waals surface area (Å²) in [6.07, 6.45) is 3.45. The Kier molecular flexibility index (Phi) is 6.02. The number of methoxy groups -OCH3 is 1. The monoisotopic (exact) mass is 293 g/mol. The van der Waals surface area contributed by atoms with Crippen LogP contribution >= 0.6 is 0 Å². The molecular formula is C16H25N2O3+. The van der Waals surface area contributed by atoms with E-state index >= 15 is 0 Å². The zero-order chi connectivity index (χ0) is 15.1. The van der Waals surface area contributed by atoms with Gasteiger partial charge in [0.25, 0.3) is 0 Å². The topological polar surface area (TPSA) is 55.4 Å². The third-order valence-corrected chi connectivity index (χ3v) is 3.68. The van der Waals surface area contributed by atoms with Gasteiger partial charge in [-0.1, -0.05) is 6.42 Å². The lowest BCUT2D eigenvalue weighted by atomic mass is 10.1. The van der Waals surface area contributed by atoms with E-state index in [9.17, 15) is 4.79 Å². The van der Waals surface area contributed by atoms with Crippen LogP contribution in [-0.2, 0) is 4.74 Å². The van der Waals surface area contributed by atoms with Crippen LogP contribution in [0.4, 0.5) is 10.5 Å². The molecule has 5 heteroatoms. The second kappa shape index (κ2) is 8.00. The molecule has 1 aliphatic heterocycles. The number of piperidine rings is 1. The van der Waals surface area contributed by atoms with Crippen LogP contribution in [0.2, 0.25) is 0 Å². The number of primary amides is 1. The molecule has 1 saturated heterocycles. The molecule has 0 aliphatic carbocycles. The maximum absolute atomic E-state index is 11.9. The lowest BCUT2D eigenvalue weighted by Gasteiger charge is -2.28. The lowest BCUT2D eigenvalue weighted by Crippen LogP contribution is -2.82. The number of carbonyl (C=O) groups is 1. The highest BCUT2D eigenvalue weighted by Gasteiger charge is 2.18. The fourth-order valence-electron chi connectivity index (χ4n) is 2.61. The van der Waals surface area contributed by atoms with Crippen LogP contribution in [0.25, 0.3) is 0 Å². The van der Waals surface area contributed by atoms with Gasteiger partial charge in [-0.25, -0.2) is 5.32 Å². The van der Waals surface area contributed by atoms with Crippen molar-refractivity contribution in [3.63, 3.8) is 0 Å². The Labute approximate surface area is 126 Å². The molecule has 0 unspecified atom stereocenters. The van der Waals surface area contributed by atoms with Crippen molar-refractivity contribution in [2.24, 2.45) is 0 Å². The quantitative estimate of drug-likeness (QED) is 0.843. The molecule has 1 atom stereocenters. The second-order valence-electron chi connectivity index (χ2n) is 5.53. The fraction of sp³-hybridized carbons (Fsp3) is 0.562. The molecule has 21 heavy (non-hydrogen) atoms. The van der Waals surface area contributed by atoms with Gasteiger partial charge in [-0.2, -0.15) is 4.79 Å². The van der Waals surface area contributed by atoms with E-state index in [1.807, 2.05) is 31.2 Å². The van der Waals surface area contributed by atoms with Crippen molar-refractivity contribution >= 4 is 11.8 Å².